The van der Waals surface area contributed by atoms with E-state index < -0.39 is 35.1 Å². The van der Waals surface area contributed by atoms with Gasteiger partial charge in [-0.15, -0.1) is 0 Å². The van der Waals surface area contributed by atoms with Crippen molar-refractivity contribution in [2.75, 3.05) is 0 Å². The lowest BCUT2D eigenvalue weighted by Crippen LogP contribution is -2.29. The number of nitrogens with zero attached hydrogens (tertiary/aromatic N) is 1. The van der Waals surface area contributed by atoms with Crippen LogP contribution in [0.25, 0.3) is 5.76 Å². The second-order valence-electron chi connectivity index (χ2n) is 7.08. The highest BCUT2D eigenvalue weighted by molar-refractivity contribution is 6.46. The molecular formula is C24H16ClF2NO3. The van der Waals surface area contributed by atoms with Crippen molar-refractivity contribution in [2.45, 2.75) is 12.6 Å². The van der Waals surface area contributed by atoms with E-state index in [1.54, 1.807) is 6.07 Å². The minimum Gasteiger partial charge on any atom is -0.507 e. The first-order valence-electron chi connectivity index (χ1n) is 9.40. The minimum atomic E-state index is -1.15. The second-order valence-corrected chi connectivity index (χ2v) is 7.52. The number of benzene rings is 3. The molecule has 1 heterocycles. The summed E-state index contributed by atoms with van der Waals surface area (Å²) in [5, 5.41) is 11.3. The van der Waals surface area contributed by atoms with Crippen LogP contribution in [0, 0.1) is 11.6 Å². The quantitative estimate of drug-likeness (QED) is 0.343. The highest BCUT2D eigenvalue weighted by atomic mass is 35.5. The molecule has 0 aliphatic carbocycles. The van der Waals surface area contributed by atoms with Gasteiger partial charge < -0.3 is 10.0 Å². The molecule has 4 rings (SSSR count). The Morgan fingerprint density at radius 3 is 2.23 bits per heavy atom. The van der Waals surface area contributed by atoms with Crippen LogP contribution in [-0.2, 0) is 16.1 Å². The number of halogens is 3. The number of ketones is 1. The molecular weight excluding hydrogens is 424 g/mol. The van der Waals surface area contributed by atoms with Gasteiger partial charge in [0.25, 0.3) is 11.7 Å². The van der Waals surface area contributed by atoms with Crippen molar-refractivity contribution in [3.05, 3.63) is 112 Å². The summed E-state index contributed by atoms with van der Waals surface area (Å²) in [6, 6.07) is 16.1. The number of hydrogen-bond acceptors (Lipinski definition) is 3. The Kier molecular flexibility index (Phi) is 5.57. The number of Topliss-reactive ketones (excluding diaryl/α,β-unsaturated/α-hetero) is 1. The zero-order valence-corrected chi connectivity index (χ0v) is 16.8. The molecule has 1 atom stereocenters. The van der Waals surface area contributed by atoms with Gasteiger partial charge in [-0.2, -0.15) is 0 Å². The molecule has 3 aromatic carbocycles. The maximum Gasteiger partial charge on any atom is 0.295 e. The predicted octanol–water partition coefficient (Wildman–Crippen LogP) is 5.24. The predicted molar refractivity (Wildman–Crippen MR) is 112 cm³/mol. The molecule has 0 saturated carbocycles. The second kappa shape index (κ2) is 8.32. The lowest BCUT2D eigenvalue weighted by molar-refractivity contribution is -0.140. The summed E-state index contributed by atoms with van der Waals surface area (Å²) < 4.78 is 28.0. The van der Waals surface area contributed by atoms with E-state index in [0.717, 1.165) is 0 Å². The van der Waals surface area contributed by atoms with E-state index in [9.17, 15) is 23.5 Å². The molecule has 156 valence electrons. The third-order valence-corrected chi connectivity index (χ3v) is 5.38. The van der Waals surface area contributed by atoms with Gasteiger partial charge in [-0.1, -0.05) is 41.9 Å². The van der Waals surface area contributed by atoms with Crippen molar-refractivity contribution in [3.8, 4) is 0 Å². The topological polar surface area (TPSA) is 57.6 Å². The highest BCUT2D eigenvalue weighted by Crippen LogP contribution is 2.41. The average molecular weight is 440 g/mol. The lowest BCUT2D eigenvalue weighted by atomic mass is 9.95. The SMILES string of the molecule is O=C1C(=O)N(Cc2ccc(F)cc2)C(c2ccccc2F)/C1=C(/O)c1ccc(Cl)cc1. The molecule has 0 spiro atoms. The van der Waals surface area contributed by atoms with Crippen LogP contribution in [0.3, 0.4) is 0 Å². The van der Waals surface area contributed by atoms with Crippen molar-refractivity contribution >= 4 is 29.1 Å². The Labute approximate surface area is 182 Å². The monoisotopic (exact) mass is 439 g/mol. The summed E-state index contributed by atoms with van der Waals surface area (Å²) in [4.78, 5) is 27.0. The van der Waals surface area contributed by atoms with Gasteiger partial charge in [0.2, 0.25) is 0 Å². The van der Waals surface area contributed by atoms with Crippen LogP contribution in [0.4, 0.5) is 8.78 Å². The standard InChI is InChI=1S/C24H16ClF2NO3/c25-16-9-7-15(8-10-16)22(29)20-21(18-3-1-2-4-19(18)27)28(24(31)23(20)30)13-14-5-11-17(26)12-6-14/h1-12,21,29H,13H2/b22-20-. The van der Waals surface area contributed by atoms with E-state index >= 15 is 0 Å². The lowest BCUT2D eigenvalue weighted by Gasteiger charge is -2.25. The molecule has 1 aliphatic rings. The molecule has 1 aliphatic heterocycles. The Morgan fingerprint density at radius 1 is 0.935 bits per heavy atom. The van der Waals surface area contributed by atoms with E-state index in [2.05, 4.69) is 0 Å². The van der Waals surface area contributed by atoms with Crippen LogP contribution >= 0.6 is 11.6 Å². The van der Waals surface area contributed by atoms with Gasteiger partial charge in [0.15, 0.2) is 0 Å². The van der Waals surface area contributed by atoms with Crippen LogP contribution in [-0.4, -0.2) is 21.7 Å². The van der Waals surface area contributed by atoms with E-state index in [-0.39, 0.29) is 23.2 Å². The van der Waals surface area contributed by atoms with E-state index in [4.69, 9.17) is 11.6 Å². The molecule has 0 radical (unpaired) electrons. The van der Waals surface area contributed by atoms with Gasteiger partial charge in [-0.25, -0.2) is 8.78 Å². The number of aliphatic hydroxyl groups is 1. The Balaban J connectivity index is 1.87. The zero-order chi connectivity index (χ0) is 22.1. The summed E-state index contributed by atoms with van der Waals surface area (Å²) in [7, 11) is 0. The van der Waals surface area contributed by atoms with Crippen molar-refractivity contribution in [2.24, 2.45) is 0 Å². The fraction of sp³-hybridized carbons (Fsp3) is 0.0833. The molecule has 1 unspecified atom stereocenters. The number of hydrogen-bond donors (Lipinski definition) is 1. The molecule has 1 N–H and O–H groups in total. The first-order chi connectivity index (χ1) is 14.9. The van der Waals surface area contributed by atoms with E-state index in [1.807, 2.05) is 0 Å². The summed E-state index contributed by atoms with van der Waals surface area (Å²) in [6.07, 6.45) is 0. The van der Waals surface area contributed by atoms with E-state index in [1.165, 1.54) is 71.6 Å². The van der Waals surface area contributed by atoms with Crippen LogP contribution in [0.5, 0.6) is 0 Å². The third kappa shape index (κ3) is 3.94. The molecule has 7 heteroatoms. The van der Waals surface area contributed by atoms with Crippen molar-refractivity contribution in [3.63, 3.8) is 0 Å². The molecule has 3 aromatic rings. The summed E-state index contributed by atoms with van der Waals surface area (Å²) >= 11 is 5.89. The number of amides is 1. The fourth-order valence-electron chi connectivity index (χ4n) is 3.61. The average Bonchev–Trinajstić information content (AvgIpc) is 3.00. The van der Waals surface area contributed by atoms with Gasteiger partial charge in [0.1, 0.15) is 17.4 Å². The molecule has 1 fully saturated rings. The van der Waals surface area contributed by atoms with Crippen LogP contribution in [0.1, 0.15) is 22.7 Å². The van der Waals surface area contributed by atoms with Crippen molar-refractivity contribution in [1.82, 2.24) is 4.90 Å². The normalized spacial score (nSPS) is 17.9. The van der Waals surface area contributed by atoms with Crippen LogP contribution in [0.15, 0.2) is 78.4 Å². The zero-order valence-electron chi connectivity index (χ0n) is 16.1. The molecule has 1 saturated heterocycles. The number of rotatable bonds is 4. The maximum absolute atomic E-state index is 14.7. The van der Waals surface area contributed by atoms with Crippen molar-refractivity contribution in [1.29, 1.82) is 0 Å². The van der Waals surface area contributed by atoms with Crippen LogP contribution in [0.2, 0.25) is 5.02 Å². The molecule has 0 aromatic heterocycles. The maximum atomic E-state index is 14.7. The van der Waals surface area contributed by atoms with Gasteiger partial charge in [-0.3, -0.25) is 9.59 Å². The Morgan fingerprint density at radius 2 is 1.58 bits per heavy atom. The number of aliphatic hydroxyl groups excluding tert-OH is 1. The smallest absolute Gasteiger partial charge is 0.295 e. The number of carbonyl (C=O) groups excluding carboxylic acids is 2. The molecule has 0 bridgehead atoms. The third-order valence-electron chi connectivity index (χ3n) is 5.12. The Hall–Kier alpha value is -3.51. The first kappa shape index (κ1) is 20.8. The van der Waals surface area contributed by atoms with Crippen LogP contribution < -0.4 is 0 Å². The van der Waals surface area contributed by atoms with Gasteiger partial charge >= 0.3 is 0 Å². The van der Waals surface area contributed by atoms with Crippen molar-refractivity contribution < 1.29 is 23.5 Å². The number of carbonyl (C=O) groups is 2. The van der Waals surface area contributed by atoms with E-state index in [0.29, 0.717) is 10.6 Å². The summed E-state index contributed by atoms with van der Waals surface area (Å²) in [6.45, 7) is -0.0682. The Bertz CT molecular complexity index is 1190. The summed E-state index contributed by atoms with van der Waals surface area (Å²) in [5.74, 6) is -3.31. The molecule has 4 nitrogen and oxygen atoms in total. The summed E-state index contributed by atoms with van der Waals surface area (Å²) in [5.41, 5.74) is 0.667. The minimum absolute atomic E-state index is 0.0682. The van der Waals surface area contributed by atoms with Gasteiger partial charge in [-0.05, 0) is 48.0 Å². The molecule has 31 heavy (non-hydrogen) atoms. The fourth-order valence-corrected chi connectivity index (χ4v) is 3.74. The number of likely N-dealkylation sites (tertiary alicyclic amines) is 1. The first-order valence-corrected chi connectivity index (χ1v) is 9.78. The molecule has 1 amide bonds. The highest BCUT2D eigenvalue weighted by Gasteiger charge is 2.46. The van der Waals surface area contributed by atoms with Gasteiger partial charge in [0.05, 0.1) is 11.6 Å². The van der Waals surface area contributed by atoms with Gasteiger partial charge in [0, 0.05) is 22.7 Å². The largest absolute Gasteiger partial charge is 0.507 e.